The van der Waals surface area contributed by atoms with Crippen LogP contribution in [0.25, 0.3) is 11.3 Å². The van der Waals surface area contributed by atoms with Crippen LogP contribution in [0.3, 0.4) is 0 Å². The van der Waals surface area contributed by atoms with Gasteiger partial charge in [-0.25, -0.2) is 4.98 Å². The quantitative estimate of drug-likeness (QED) is 0.643. The molecule has 0 saturated carbocycles. The Balaban J connectivity index is 0.00000338. The van der Waals surface area contributed by atoms with Gasteiger partial charge in [-0.1, -0.05) is 32.4 Å². The fraction of sp³-hybridized carbons (Fsp3) is 0.474. The summed E-state index contributed by atoms with van der Waals surface area (Å²) in [5.41, 5.74) is 2.31. The molecule has 0 fully saturated rings. The summed E-state index contributed by atoms with van der Waals surface area (Å²) in [5, 5.41) is 4.03. The number of nitrogens with one attached hydrogen (secondary N) is 1. The smallest absolute Gasteiger partial charge is 0.242 e. The molecule has 0 saturated heterocycles. The van der Waals surface area contributed by atoms with Crippen molar-refractivity contribution in [1.29, 1.82) is 0 Å². The molecule has 1 aromatic carbocycles. The van der Waals surface area contributed by atoms with Gasteiger partial charge in [-0.3, -0.25) is 0 Å². The lowest BCUT2D eigenvalue weighted by molar-refractivity contribution is 0.397. The molecule has 1 N–H and O–H groups in total. The Kier molecular flexibility index (Phi) is 8.96. The van der Waals surface area contributed by atoms with E-state index >= 15 is 0 Å². The molecule has 0 atom stereocenters. The molecule has 0 radical (unpaired) electrons. The van der Waals surface area contributed by atoms with Crippen molar-refractivity contribution in [2.75, 3.05) is 19.5 Å². The second kappa shape index (κ2) is 10.4. The lowest BCUT2D eigenvalue weighted by atomic mass is 10.1. The normalized spacial score (nSPS) is 10.4. The summed E-state index contributed by atoms with van der Waals surface area (Å²) in [4.78, 5) is 9.47. The van der Waals surface area contributed by atoms with E-state index in [4.69, 9.17) is 26.1 Å². The van der Waals surface area contributed by atoms with Crippen LogP contribution in [0.5, 0.6) is 11.6 Å². The van der Waals surface area contributed by atoms with Crippen molar-refractivity contribution in [2.45, 2.75) is 46.1 Å². The lowest BCUT2D eigenvalue weighted by Crippen LogP contribution is -2.20. The second-order valence-electron chi connectivity index (χ2n) is 5.73. The van der Waals surface area contributed by atoms with Gasteiger partial charge in [0.05, 0.1) is 24.9 Å². The average molecular weight is 400 g/mol. The summed E-state index contributed by atoms with van der Waals surface area (Å²) in [6, 6.07) is 5.85. The maximum absolute atomic E-state index is 6.42. The summed E-state index contributed by atoms with van der Waals surface area (Å²) >= 11 is 6.42. The molecule has 144 valence electrons. The highest BCUT2D eigenvalue weighted by Gasteiger charge is 2.19. The second-order valence-corrected chi connectivity index (χ2v) is 6.14. The summed E-state index contributed by atoms with van der Waals surface area (Å²) in [7, 11) is 3.21. The van der Waals surface area contributed by atoms with Gasteiger partial charge < -0.3 is 14.8 Å². The van der Waals surface area contributed by atoms with Gasteiger partial charge in [-0.05, 0) is 37.5 Å². The number of benzene rings is 1. The van der Waals surface area contributed by atoms with Crippen molar-refractivity contribution >= 4 is 29.8 Å². The van der Waals surface area contributed by atoms with E-state index in [9.17, 15) is 0 Å². The SMILES string of the molecule is CCc1nc(-c2ccc(OC)cc2Cl)c(OC)nc1NC(CC)CC.Cl. The van der Waals surface area contributed by atoms with Crippen molar-refractivity contribution in [1.82, 2.24) is 9.97 Å². The maximum atomic E-state index is 6.42. The summed E-state index contributed by atoms with van der Waals surface area (Å²) in [5.74, 6) is 1.93. The molecule has 0 bridgehead atoms. The molecule has 7 heteroatoms. The lowest BCUT2D eigenvalue weighted by Gasteiger charge is -2.19. The molecule has 2 rings (SSSR count). The van der Waals surface area contributed by atoms with Gasteiger partial charge in [0.25, 0.3) is 0 Å². The molecule has 1 heterocycles. The number of hydrogen-bond acceptors (Lipinski definition) is 5. The molecule has 1 aromatic heterocycles. The van der Waals surface area contributed by atoms with E-state index in [1.165, 1.54) is 0 Å². The van der Waals surface area contributed by atoms with Crippen LogP contribution in [0.4, 0.5) is 5.82 Å². The van der Waals surface area contributed by atoms with Gasteiger partial charge in [-0.15, -0.1) is 12.4 Å². The number of halogens is 2. The van der Waals surface area contributed by atoms with E-state index in [0.29, 0.717) is 28.4 Å². The van der Waals surface area contributed by atoms with Crippen molar-refractivity contribution in [3.63, 3.8) is 0 Å². The van der Waals surface area contributed by atoms with Crippen LogP contribution in [-0.2, 0) is 6.42 Å². The molecule has 0 aliphatic rings. The minimum atomic E-state index is 0. The highest BCUT2D eigenvalue weighted by atomic mass is 35.5. The predicted molar refractivity (Wildman–Crippen MR) is 110 cm³/mol. The van der Waals surface area contributed by atoms with Gasteiger partial charge in [-0.2, -0.15) is 4.98 Å². The third-order valence-corrected chi connectivity index (χ3v) is 4.53. The third kappa shape index (κ3) is 4.92. The Morgan fingerprint density at radius 2 is 1.77 bits per heavy atom. The highest BCUT2D eigenvalue weighted by Crippen LogP contribution is 2.36. The zero-order valence-electron chi connectivity index (χ0n) is 15.9. The number of aromatic nitrogens is 2. The average Bonchev–Trinajstić information content (AvgIpc) is 2.65. The van der Waals surface area contributed by atoms with E-state index in [1.807, 2.05) is 12.1 Å². The largest absolute Gasteiger partial charge is 0.497 e. The number of nitrogens with zero attached hydrogens (tertiary/aromatic N) is 2. The topological polar surface area (TPSA) is 56.3 Å². The van der Waals surface area contributed by atoms with E-state index in [0.717, 1.165) is 36.3 Å². The first-order chi connectivity index (χ1) is 12.1. The van der Waals surface area contributed by atoms with Crippen LogP contribution in [0, 0.1) is 0 Å². The zero-order valence-corrected chi connectivity index (χ0v) is 17.5. The Labute approximate surface area is 166 Å². The van der Waals surface area contributed by atoms with Gasteiger partial charge >= 0.3 is 0 Å². The first-order valence-corrected chi connectivity index (χ1v) is 9.00. The number of ether oxygens (including phenoxy) is 2. The van der Waals surface area contributed by atoms with E-state index in [2.05, 4.69) is 31.1 Å². The molecule has 0 spiro atoms. The zero-order chi connectivity index (χ0) is 18.4. The van der Waals surface area contributed by atoms with Crippen LogP contribution >= 0.6 is 24.0 Å². The van der Waals surface area contributed by atoms with E-state index in [1.54, 1.807) is 20.3 Å². The first-order valence-electron chi connectivity index (χ1n) is 8.63. The van der Waals surface area contributed by atoms with Gasteiger partial charge in [0.1, 0.15) is 11.4 Å². The van der Waals surface area contributed by atoms with Crippen LogP contribution < -0.4 is 14.8 Å². The van der Waals surface area contributed by atoms with Crippen LogP contribution in [0.2, 0.25) is 5.02 Å². The van der Waals surface area contributed by atoms with Crippen molar-refractivity contribution in [3.05, 3.63) is 28.9 Å². The molecule has 0 unspecified atom stereocenters. The molecule has 26 heavy (non-hydrogen) atoms. The number of aryl methyl sites for hydroxylation is 1. The monoisotopic (exact) mass is 399 g/mol. The van der Waals surface area contributed by atoms with Crippen molar-refractivity contribution in [3.8, 4) is 22.9 Å². The standard InChI is InChI=1S/C19H26ClN3O2.ClH/c1-6-12(7-2)21-18-16(8-3)22-17(19(23-18)25-5)14-10-9-13(24-4)11-15(14)20;/h9-12H,6-8H2,1-5H3,(H,21,23);1H. The number of rotatable bonds is 8. The Morgan fingerprint density at radius 1 is 1.08 bits per heavy atom. The van der Waals surface area contributed by atoms with Crippen LogP contribution in [0.1, 0.15) is 39.3 Å². The number of hydrogen-bond donors (Lipinski definition) is 1. The van der Waals surface area contributed by atoms with Gasteiger partial charge in [0, 0.05) is 11.6 Å². The molecule has 0 aliphatic heterocycles. The summed E-state index contributed by atoms with van der Waals surface area (Å²) in [6.45, 7) is 6.37. The van der Waals surface area contributed by atoms with Crippen LogP contribution in [-0.4, -0.2) is 30.2 Å². The maximum Gasteiger partial charge on any atom is 0.242 e. The fourth-order valence-electron chi connectivity index (χ4n) is 2.64. The van der Waals surface area contributed by atoms with Crippen molar-refractivity contribution in [2.24, 2.45) is 0 Å². The fourth-order valence-corrected chi connectivity index (χ4v) is 2.90. The first kappa shape index (κ1) is 22.3. The molecule has 0 amide bonds. The molecule has 0 aliphatic carbocycles. The van der Waals surface area contributed by atoms with Gasteiger partial charge in [0.15, 0.2) is 5.82 Å². The summed E-state index contributed by atoms with van der Waals surface area (Å²) in [6.07, 6.45) is 2.81. The molecule has 2 aromatic rings. The van der Waals surface area contributed by atoms with Crippen LogP contribution in [0.15, 0.2) is 18.2 Å². The molecular weight excluding hydrogens is 373 g/mol. The third-order valence-electron chi connectivity index (χ3n) is 4.22. The van der Waals surface area contributed by atoms with E-state index in [-0.39, 0.29) is 12.4 Å². The minimum Gasteiger partial charge on any atom is -0.497 e. The molecule has 5 nitrogen and oxygen atoms in total. The number of methoxy groups -OCH3 is 2. The highest BCUT2D eigenvalue weighted by molar-refractivity contribution is 6.33. The Morgan fingerprint density at radius 3 is 2.27 bits per heavy atom. The molecular formula is C19H27Cl2N3O2. The minimum absolute atomic E-state index is 0. The Bertz CT molecular complexity index is 722. The summed E-state index contributed by atoms with van der Waals surface area (Å²) < 4.78 is 10.7. The van der Waals surface area contributed by atoms with Crippen molar-refractivity contribution < 1.29 is 9.47 Å². The number of anilines is 1. The van der Waals surface area contributed by atoms with E-state index < -0.39 is 0 Å². The predicted octanol–water partition coefficient (Wildman–Crippen LogP) is 5.40. The Hall–Kier alpha value is -1.72. The van der Waals surface area contributed by atoms with Gasteiger partial charge in [0.2, 0.25) is 5.88 Å².